The van der Waals surface area contributed by atoms with Crippen LogP contribution in [0, 0.1) is 0 Å². The molecule has 3 nitrogen and oxygen atoms in total. The van der Waals surface area contributed by atoms with Gasteiger partial charge in [0.15, 0.2) is 5.60 Å². The average molecular weight is 300 g/mol. The Morgan fingerprint density at radius 3 is 2.95 bits per heavy atom. The largest absolute Gasteiger partial charge is 0.494 e. The molecule has 2 rings (SSSR count). The molecule has 1 heterocycles. The van der Waals surface area contributed by atoms with Crippen molar-refractivity contribution >= 4 is 28.4 Å². The standard InChI is InChI=1S/C14H18ClNO2S/c1-3-17-12-7-5-4-6-11(12)9-19-13-8-14(2,10-15)18-16-13/h4-7H,3,8-10H2,1-2H3. The number of halogens is 1. The van der Waals surface area contributed by atoms with Crippen molar-refractivity contribution in [3.63, 3.8) is 0 Å². The number of hydrogen-bond acceptors (Lipinski definition) is 4. The summed E-state index contributed by atoms with van der Waals surface area (Å²) in [7, 11) is 0. The van der Waals surface area contributed by atoms with Crippen molar-refractivity contribution in [2.45, 2.75) is 31.6 Å². The summed E-state index contributed by atoms with van der Waals surface area (Å²) in [5.41, 5.74) is 0.833. The minimum atomic E-state index is -0.344. The average Bonchev–Trinajstić information content (AvgIpc) is 2.81. The molecular formula is C14H18ClNO2S. The minimum absolute atomic E-state index is 0.344. The zero-order chi connectivity index (χ0) is 13.7. The quantitative estimate of drug-likeness (QED) is 0.769. The molecule has 0 fully saturated rings. The smallest absolute Gasteiger partial charge is 0.154 e. The molecule has 1 atom stereocenters. The van der Waals surface area contributed by atoms with Gasteiger partial charge in [0, 0.05) is 17.7 Å². The zero-order valence-corrected chi connectivity index (χ0v) is 12.8. The Bertz CT molecular complexity index is 467. The summed E-state index contributed by atoms with van der Waals surface area (Å²) < 4.78 is 5.61. The predicted molar refractivity (Wildman–Crippen MR) is 81.2 cm³/mol. The van der Waals surface area contributed by atoms with Crippen LogP contribution in [0.25, 0.3) is 0 Å². The van der Waals surface area contributed by atoms with Gasteiger partial charge in [-0.2, -0.15) is 0 Å². The van der Waals surface area contributed by atoms with E-state index in [1.807, 2.05) is 32.0 Å². The molecule has 0 saturated heterocycles. The van der Waals surface area contributed by atoms with E-state index in [0.29, 0.717) is 12.5 Å². The summed E-state index contributed by atoms with van der Waals surface area (Å²) >= 11 is 7.55. The first-order valence-corrected chi connectivity index (χ1v) is 7.83. The molecule has 0 aromatic heterocycles. The Hall–Kier alpha value is -0.870. The molecule has 0 amide bonds. The van der Waals surface area contributed by atoms with Crippen LogP contribution in [0.3, 0.4) is 0 Å². The second-order valence-corrected chi connectivity index (χ2v) is 5.98. The molecule has 19 heavy (non-hydrogen) atoms. The number of oxime groups is 1. The molecule has 0 spiro atoms. The number of rotatable bonds is 5. The lowest BCUT2D eigenvalue weighted by atomic mass is 10.1. The highest BCUT2D eigenvalue weighted by molar-refractivity contribution is 8.13. The van der Waals surface area contributed by atoms with Gasteiger partial charge in [0.2, 0.25) is 0 Å². The number of benzene rings is 1. The molecule has 0 aliphatic carbocycles. The van der Waals surface area contributed by atoms with Crippen molar-refractivity contribution in [1.82, 2.24) is 0 Å². The van der Waals surface area contributed by atoms with Crippen LogP contribution in [0.15, 0.2) is 29.4 Å². The van der Waals surface area contributed by atoms with Gasteiger partial charge in [-0.05, 0) is 19.9 Å². The SMILES string of the molecule is CCOc1ccccc1CSC1=NOC(C)(CCl)C1. The van der Waals surface area contributed by atoms with Gasteiger partial charge in [-0.1, -0.05) is 23.4 Å². The van der Waals surface area contributed by atoms with Crippen LogP contribution in [0.2, 0.25) is 0 Å². The lowest BCUT2D eigenvalue weighted by Crippen LogP contribution is -2.26. The van der Waals surface area contributed by atoms with Gasteiger partial charge < -0.3 is 9.57 Å². The molecule has 1 unspecified atom stereocenters. The van der Waals surface area contributed by atoms with Crippen LogP contribution < -0.4 is 4.74 Å². The van der Waals surface area contributed by atoms with E-state index in [1.54, 1.807) is 11.8 Å². The van der Waals surface area contributed by atoms with Gasteiger partial charge in [-0.3, -0.25) is 0 Å². The minimum Gasteiger partial charge on any atom is -0.494 e. The second-order valence-electron chi connectivity index (χ2n) is 4.67. The third-order valence-electron chi connectivity index (χ3n) is 2.84. The highest BCUT2D eigenvalue weighted by atomic mass is 35.5. The van der Waals surface area contributed by atoms with Gasteiger partial charge in [0.25, 0.3) is 0 Å². The molecule has 5 heteroatoms. The number of ether oxygens (including phenoxy) is 1. The maximum Gasteiger partial charge on any atom is 0.154 e. The highest BCUT2D eigenvalue weighted by Crippen LogP contribution is 2.32. The van der Waals surface area contributed by atoms with E-state index in [-0.39, 0.29) is 5.60 Å². The monoisotopic (exact) mass is 299 g/mol. The molecule has 0 bridgehead atoms. The van der Waals surface area contributed by atoms with Crippen LogP contribution in [0.5, 0.6) is 5.75 Å². The zero-order valence-electron chi connectivity index (χ0n) is 11.2. The van der Waals surface area contributed by atoms with Crippen molar-refractivity contribution in [3.05, 3.63) is 29.8 Å². The Balaban J connectivity index is 1.93. The molecular weight excluding hydrogens is 282 g/mol. The normalized spacial score (nSPS) is 21.9. The third kappa shape index (κ3) is 3.80. The van der Waals surface area contributed by atoms with Crippen LogP contribution in [0.4, 0.5) is 0 Å². The highest BCUT2D eigenvalue weighted by Gasteiger charge is 2.33. The van der Waals surface area contributed by atoms with Crippen LogP contribution >= 0.6 is 23.4 Å². The predicted octanol–water partition coefficient (Wildman–Crippen LogP) is 4.05. The van der Waals surface area contributed by atoms with Crippen molar-refractivity contribution in [3.8, 4) is 5.75 Å². The van der Waals surface area contributed by atoms with Gasteiger partial charge in [-0.25, -0.2) is 0 Å². The second kappa shape index (κ2) is 6.53. The lowest BCUT2D eigenvalue weighted by molar-refractivity contribution is 0.0152. The molecule has 0 radical (unpaired) electrons. The Kier molecular flexibility index (Phi) is 4.99. The van der Waals surface area contributed by atoms with E-state index >= 15 is 0 Å². The summed E-state index contributed by atoms with van der Waals surface area (Å²) in [6.07, 6.45) is 0.776. The maximum atomic E-state index is 5.87. The molecule has 1 aromatic carbocycles. The van der Waals surface area contributed by atoms with Crippen molar-refractivity contribution in [2.24, 2.45) is 5.16 Å². The van der Waals surface area contributed by atoms with E-state index in [9.17, 15) is 0 Å². The Morgan fingerprint density at radius 2 is 2.26 bits per heavy atom. The van der Waals surface area contributed by atoms with Crippen LogP contribution in [0.1, 0.15) is 25.8 Å². The summed E-state index contributed by atoms with van der Waals surface area (Å²) in [6, 6.07) is 8.08. The fourth-order valence-electron chi connectivity index (χ4n) is 1.78. The van der Waals surface area contributed by atoms with E-state index in [1.165, 1.54) is 5.56 Å². The number of nitrogens with zero attached hydrogens (tertiary/aromatic N) is 1. The maximum absolute atomic E-state index is 5.87. The lowest BCUT2D eigenvalue weighted by Gasteiger charge is -2.16. The fraction of sp³-hybridized carbons (Fsp3) is 0.500. The number of para-hydroxylation sites is 1. The first-order chi connectivity index (χ1) is 9.17. The van der Waals surface area contributed by atoms with Gasteiger partial charge in [0.1, 0.15) is 10.8 Å². The molecule has 1 aromatic rings. The van der Waals surface area contributed by atoms with Crippen molar-refractivity contribution < 1.29 is 9.57 Å². The molecule has 104 valence electrons. The van der Waals surface area contributed by atoms with Crippen molar-refractivity contribution in [2.75, 3.05) is 12.5 Å². The number of alkyl halides is 1. The summed E-state index contributed by atoms with van der Waals surface area (Å²) in [5, 5.41) is 5.10. The van der Waals surface area contributed by atoms with E-state index in [0.717, 1.165) is 23.0 Å². The van der Waals surface area contributed by atoms with Gasteiger partial charge in [0.05, 0.1) is 12.5 Å². The molecule has 0 N–H and O–H groups in total. The molecule has 1 aliphatic heterocycles. The Labute approximate surface area is 123 Å². The van der Waals surface area contributed by atoms with Gasteiger partial charge in [-0.15, -0.1) is 23.4 Å². The third-order valence-corrected chi connectivity index (χ3v) is 4.42. The topological polar surface area (TPSA) is 30.8 Å². The van der Waals surface area contributed by atoms with Crippen LogP contribution in [-0.2, 0) is 10.6 Å². The summed E-state index contributed by atoms with van der Waals surface area (Å²) in [4.78, 5) is 5.37. The van der Waals surface area contributed by atoms with E-state index in [2.05, 4.69) is 11.2 Å². The summed E-state index contributed by atoms with van der Waals surface area (Å²) in [6.45, 7) is 4.64. The van der Waals surface area contributed by atoms with E-state index < -0.39 is 0 Å². The molecule has 0 saturated carbocycles. The van der Waals surface area contributed by atoms with Crippen LogP contribution in [-0.4, -0.2) is 23.1 Å². The van der Waals surface area contributed by atoms with E-state index in [4.69, 9.17) is 21.2 Å². The molecule has 1 aliphatic rings. The number of thioether (sulfide) groups is 1. The Morgan fingerprint density at radius 1 is 1.47 bits per heavy atom. The summed E-state index contributed by atoms with van der Waals surface area (Å²) in [5.74, 6) is 2.23. The van der Waals surface area contributed by atoms with Crippen molar-refractivity contribution in [1.29, 1.82) is 0 Å². The number of hydrogen-bond donors (Lipinski definition) is 0. The first-order valence-electron chi connectivity index (χ1n) is 6.31. The van der Waals surface area contributed by atoms with Gasteiger partial charge >= 0.3 is 0 Å². The fourth-order valence-corrected chi connectivity index (χ4v) is 2.98. The first kappa shape index (κ1) is 14.5.